The number of nitrogens with two attached hydrogens (primary N) is 1. The molecule has 0 aliphatic heterocycles. The van der Waals surface area contributed by atoms with Crippen molar-refractivity contribution in [1.82, 2.24) is 10.2 Å². The molecular formula is C15H29N3O. The summed E-state index contributed by atoms with van der Waals surface area (Å²) in [6.07, 6.45) is 6.86. The van der Waals surface area contributed by atoms with Crippen LogP contribution in [0.4, 0.5) is 0 Å². The van der Waals surface area contributed by atoms with Crippen molar-refractivity contribution in [3.05, 3.63) is 0 Å². The fourth-order valence-electron chi connectivity index (χ4n) is 3.54. The number of hydrogen-bond acceptors (Lipinski definition) is 3. The Kier molecular flexibility index (Phi) is 4.85. The molecule has 4 heteroatoms. The second kappa shape index (κ2) is 6.23. The van der Waals surface area contributed by atoms with Crippen LogP contribution in [0.1, 0.15) is 52.4 Å². The number of rotatable bonds is 7. The number of hydrogen-bond donors (Lipinski definition) is 2. The molecule has 2 atom stereocenters. The highest BCUT2D eigenvalue weighted by atomic mass is 16.1. The minimum Gasteiger partial charge on any atom is -0.368 e. The van der Waals surface area contributed by atoms with Gasteiger partial charge in [-0.1, -0.05) is 13.8 Å². The Morgan fingerprint density at radius 1 is 1.37 bits per heavy atom. The van der Waals surface area contributed by atoms with Crippen molar-refractivity contribution in [1.29, 1.82) is 0 Å². The molecule has 0 saturated heterocycles. The zero-order valence-electron chi connectivity index (χ0n) is 12.5. The van der Waals surface area contributed by atoms with Gasteiger partial charge < -0.3 is 16.0 Å². The van der Waals surface area contributed by atoms with E-state index in [4.69, 9.17) is 5.73 Å². The average molecular weight is 267 g/mol. The topological polar surface area (TPSA) is 58.4 Å². The lowest BCUT2D eigenvalue weighted by Gasteiger charge is -2.43. The normalized spacial score (nSPS) is 31.6. The van der Waals surface area contributed by atoms with Crippen molar-refractivity contribution in [3.8, 4) is 0 Å². The van der Waals surface area contributed by atoms with Gasteiger partial charge >= 0.3 is 0 Å². The predicted molar refractivity (Wildman–Crippen MR) is 77.8 cm³/mol. The van der Waals surface area contributed by atoms with E-state index in [1.165, 1.54) is 25.8 Å². The molecule has 110 valence electrons. The Balaban J connectivity index is 2.02. The van der Waals surface area contributed by atoms with E-state index in [2.05, 4.69) is 24.1 Å². The number of carbonyl (C=O) groups is 1. The van der Waals surface area contributed by atoms with Crippen molar-refractivity contribution in [2.75, 3.05) is 19.6 Å². The maximum absolute atomic E-state index is 11.9. The van der Waals surface area contributed by atoms with Gasteiger partial charge in [-0.05, 0) is 57.5 Å². The van der Waals surface area contributed by atoms with Crippen molar-refractivity contribution >= 4 is 5.91 Å². The van der Waals surface area contributed by atoms with Gasteiger partial charge in [0.05, 0.1) is 5.54 Å². The van der Waals surface area contributed by atoms with Gasteiger partial charge in [0, 0.05) is 12.6 Å². The van der Waals surface area contributed by atoms with E-state index in [9.17, 15) is 4.79 Å². The molecule has 19 heavy (non-hydrogen) atoms. The van der Waals surface area contributed by atoms with Gasteiger partial charge in [0.25, 0.3) is 0 Å². The Labute approximate surface area is 117 Å². The van der Waals surface area contributed by atoms with Gasteiger partial charge in [-0.25, -0.2) is 0 Å². The molecule has 0 aromatic carbocycles. The summed E-state index contributed by atoms with van der Waals surface area (Å²) < 4.78 is 0. The summed E-state index contributed by atoms with van der Waals surface area (Å²) in [6, 6.07) is 0.519. The van der Waals surface area contributed by atoms with E-state index in [0.29, 0.717) is 6.04 Å². The second-order valence-electron chi connectivity index (χ2n) is 6.26. The molecule has 2 fully saturated rings. The smallest absolute Gasteiger partial charge is 0.237 e. The van der Waals surface area contributed by atoms with E-state index in [-0.39, 0.29) is 5.91 Å². The fraction of sp³-hybridized carbons (Fsp3) is 0.933. The summed E-state index contributed by atoms with van der Waals surface area (Å²) in [4.78, 5) is 14.5. The zero-order valence-corrected chi connectivity index (χ0v) is 12.5. The lowest BCUT2D eigenvalue weighted by molar-refractivity contribution is -0.126. The molecule has 0 aromatic heterocycles. The first-order chi connectivity index (χ1) is 9.11. The highest BCUT2D eigenvalue weighted by Crippen LogP contribution is 2.35. The molecule has 3 N–H and O–H groups in total. The Hall–Kier alpha value is -0.610. The van der Waals surface area contributed by atoms with E-state index in [1.54, 1.807) is 0 Å². The summed E-state index contributed by atoms with van der Waals surface area (Å²) in [5, 5.41) is 3.37. The van der Waals surface area contributed by atoms with E-state index < -0.39 is 5.54 Å². The molecule has 2 aliphatic rings. The van der Waals surface area contributed by atoms with Gasteiger partial charge in [-0.15, -0.1) is 0 Å². The van der Waals surface area contributed by atoms with E-state index in [1.807, 2.05) is 0 Å². The summed E-state index contributed by atoms with van der Waals surface area (Å²) in [5.41, 5.74) is 5.22. The molecule has 0 bridgehead atoms. The molecule has 2 saturated carbocycles. The van der Waals surface area contributed by atoms with Gasteiger partial charge in [0.1, 0.15) is 0 Å². The maximum Gasteiger partial charge on any atom is 0.237 e. The van der Waals surface area contributed by atoms with Crippen LogP contribution < -0.4 is 11.1 Å². The number of amides is 1. The first kappa shape index (κ1) is 14.8. The lowest BCUT2D eigenvalue weighted by atomic mass is 9.77. The quantitative estimate of drug-likeness (QED) is 0.735. The largest absolute Gasteiger partial charge is 0.368 e. The van der Waals surface area contributed by atoms with Gasteiger partial charge in [-0.3, -0.25) is 4.79 Å². The molecule has 0 spiro atoms. The molecule has 4 nitrogen and oxygen atoms in total. The first-order valence-corrected chi connectivity index (χ1v) is 7.90. The predicted octanol–water partition coefficient (Wildman–Crippen LogP) is 1.49. The Morgan fingerprint density at radius 3 is 2.63 bits per heavy atom. The minimum absolute atomic E-state index is 0.165. The van der Waals surface area contributed by atoms with E-state index >= 15 is 0 Å². The zero-order chi connectivity index (χ0) is 13.9. The van der Waals surface area contributed by atoms with Crippen LogP contribution in [0.3, 0.4) is 0 Å². The third-order valence-corrected chi connectivity index (χ3v) is 4.82. The lowest BCUT2D eigenvalue weighted by Crippen LogP contribution is -2.60. The molecule has 0 aromatic rings. The van der Waals surface area contributed by atoms with Gasteiger partial charge in [-0.2, -0.15) is 0 Å². The van der Waals surface area contributed by atoms with Gasteiger partial charge in [0.15, 0.2) is 0 Å². The van der Waals surface area contributed by atoms with Crippen LogP contribution in [-0.2, 0) is 4.79 Å². The van der Waals surface area contributed by atoms with Gasteiger partial charge in [0.2, 0.25) is 5.91 Å². The Bertz CT molecular complexity index is 313. The molecule has 1 amide bonds. The SMILES string of the molecule is CCNC1(C(N)=O)CCCC(N(CC)CC2CC2)C1. The fourth-order valence-corrected chi connectivity index (χ4v) is 3.54. The van der Waals surface area contributed by atoms with Crippen LogP contribution in [0.25, 0.3) is 0 Å². The number of likely N-dealkylation sites (N-methyl/N-ethyl adjacent to an activating group) is 1. The van der Waals surface area contributed by atoms with Crippen LogP contribution in [0.2, 0.25) is 0 Å². The van der Waals surface area contributed by atoms with Crippen molar-refractivity contribution in [2.45, 2.75) is 64.0 Å². The summed E-state index contributed by atoms with van der Waals surface area (Å²) in [5.74, 6) is 0.741. The molecule has 2 unspecified atom stereocenters. The molecule has 0 radical (unpaired) electrons. The average Bonchev–Trinajstić information content (AvgIpc) is 3.20. The highest BCUT2D eigenvalue weighted by Gasteiger charge is 2.42. The highest BCUT2D eigenvalue weighted by molar-refractivity contribution is 5.84. The third kappa shape index (κ3) is 3.48. The van der Waals surface area contributed by atoms with Crippen LogP contribution in [-0.4, -0.2) is 42.0 Å². The van der Waals surface area contributed by atoms with Crippen molar-refractivity contribution in [2.24, 2.45) is 11.7 Å². The van der Waals surface area contributed by atoms with E-state index in [0.717, 1.165) is 38.3 Å². The van der Waals surface area contributed by atoms with Crippen LogP contribution in [0.5, 0.6) is 0 Å². The Morgan fingerprint density at radius 2 is 2.11 bits per heavy atom. The number of carbonyl (C=O) groups excluding carboxylic acids is 1. The number of primary amides is 1. The van der Waals surface area contributed by atoms with Crippen molar-refractivity contribution in [3.63, 3.8) is 0 Å². The molecule has 2 rings (SSSR count). The first-order valence-electron chi connectivity index (χ1n) is 7.90. The van der Waals surface area contributed by atoms with Crippen LogP contribution >= 0.6 is 0 Å². The standard InChI is InChI=1S/C15H29N3O/c1-3-17-15(14(16)19)9-5-6-13(10-15)18(4-2)11-12-7-8-12/h12-13,17H,3-11H2,1-2H3,(H2,16,19). The van der Waals surface area contributed by atoms with Crippen molar-refractivity contribution < 1.29 is 4.79 Å². The molecule has 0 heterocycles. The van der Waals surface area contributed by atoms with Crippen LogP contribution in [0.15, 0.2) is 0 Å². The minimum atomic E-state index is -0.464. The third-order valence-electron chi connectivity index (χ3n) is 4.82. The second-order valence-corrected chi connectivity index (χ2v) is 6.26. The number of nitrogens with zero attached hydrogens (tertiary/aromatic N) is 1. The maximum atomic E-state index is 11.9. The molecular weight excluding hydrogens is 238 g/mol. The summed E-state index contributed by atoms with van der Waals surface area (Å²) >= 11 is 0. The van der Waals surface area contributed by atoms with Crippen LogP contribution in [0, 0.1) is 5.92 Å². The molecule has 2 aliphatic carbocycles. The summed E-state index contributed by atoms with van der Waals surface area (Å²) in [6.45, 7) is 7.39. The summed E-state index contributed by atoms with van der Waals surface area (Å²) in [7, 11) is 0. The number of nitrogens with one attached hydrogen (secondary N) is 1. The monoisotopic (exact) mass is 267 g/mol.